The van der Waals surface area contributed by atoms with E-state index in [1.165, 1.54) is 5.57 Å². The fraction of sp³-hybridized carbons (Fsp3) is 0.333. The molecule has 16 heavy (non-hydrogen) atoms. The third kappa shape index (κ3) is 1.27. The summed E-state index contributed by atoms with van der Waals surface area (Å²) in [6, 6.07) is -0.636. The number of allylic oxidation sites excluding steroid dienone is 4. The molecule has 0 aromatic rings. The van der Waals surface area contributed by atoms with E-state index in [9.17, 15) is 4.79 Å². The first kappa shape index (κ1) is 9.54. The Bertz CT molecular complexity index is 483. The molecule has 3 rings (SSSR count). The van der Waals surface area contributed by atoms with E-state index in [1.54, 1.807) is 0 Å². The highest BCUT2D eigenvalue weighted by Gasteiger charge is 2.35. The van der Waals surface area contributed by atoms with Crippen molar-refractivity contribution < 1.29 is 9.90 Å². The molecule has 1 atom stereocenters. The molecule has 2 N–H and O–H groups in total. The highest BCUT2D eigenvalue weighted by Crippen LogP contribution is 2.34. The van der Waals surface area contributed by atoms with Crippen molar-refractivity contribution in [1.82, 2.24) is 5.32 Å². The predicted molar refractivity (Wildman–Crippen MR) is 60.3 cm³/mol. The molecule has 1 unspecified atom stereocenters. The third-order valence-corrected chi connectivity index (χ3v) is 3.18. The van der Waals surface area contributed by atoms with Crippen molar-refractivity contribution in [2.45, 2.75) is 18.9 Å². The molecular weight excluding hydrogens is 204 g/mol. The number of piperidine rings is 1. The summed E-state index contributed by atoms with van der Waals surface area (Å²) in [7, 11) is 0. The third-order valence-electron chi connectivity index (χ3n) is 3.18. The summed E-state index contributed by atoms with van der Waals surface area (Å²) >= 11 is 0. The van der Waals surface area contributed by atoms with Gasteiger partial charge >= 0.3 is 5.97 Å². The number of nitrogens with one attached hydrogen (secondary N) is 1. The van der Waals surface area contributed by atoms with Crippen LogP contribution in [0.1, 0.15) is 12.8 Å². The Morgan fingerprint density at radius 2 is 2.38 bits per heavy atom. The van der Waals surface area contributed by atoms with Crippen LogP contribution in [-0.4, -0.2) is 29.4 Å². The lowest BCUT2D eigenvalue weighted by atomic mass is 9.91. The maximum absolute atomic E-state index is 11.1. The van der Waals surface area contributed by atoms with Crippen molar-refractivity contribution in [3.63, 3.8) is 0 Å². The quantitative estimate of drug-likeness (QED) is 0.688. The molecule has 2 heterocycles. The van der Waals surface area contributed by atoms with E-state index in [4.69, 9.17) is 5.11 Å². The second-order valence-electron chi connectivity index (χ2n) is 4.11. The van der Waals surface area contributed by atoms with Crippen molar-refractivity contribution >= 4 is 11.7 Å². The number of carbonyl (C=O) groups is 1. The Morgan fingerprint density at radius 1 is 1.50 bits per heavy atom. The molecule has 0 amide bonds. The fourth-order valence-electron chi connectivity index (χ4n) is 2.44. The maximum Gasteiger partial charge on any atom is 0.326 e. The Kier molecular flexibility index (Phi) is 2.04. The molecule has 4 heteroatoms. The normalized spacial score (nSPS) is 27.1. The lowest BCUT2D eigenvalue weighted by molar-refractivity contribution is -0.137. The minimum absolute atomic E-state index is 0.636. The van der Waals surface area contributed by atoms with Gasteiger partial charge < -0.3 is 5.11 Å². The number of carboxylic acids is 1. The van der Waals surface area contributed by atoms with Gasteiger partial charge in [-0.15, -0.1) is 0 Å². The summed E-state index contributed by atoms with van der Waals surface area (Å²) in [5, 5.41) is 12.1. The van der Waals surface area contributed by atoms with Crippen LogP contribution in [0.5, 0.6) is 0 Å². The summed E-state index contributed by atoms with van der Waals surface area (Å²) in [6.45, 7) is 0.714. The van der Waals surface area contributed by atoms with Crippen LogP contribution in [0.3, 0.4) is 0 Å². The van der Waals surface area contributed by atoms with Gasteiger partial charge in [0.05, 0.1) is 11.4 Å². The van der Waals surface area contributed by atoms with E-state index in [2.05, 4.69) is 16.4 Å². The molecule has 0 aromatic heterocycles. The first-order chi connectivity index (χ1) is 7.77. The molecule has 4 nitrogen and oxygen atoms in total. The summed E-state index contributed by atoms with van der Waals surface area (Å²) < 4.78 is 0. The maximum atomic E-state index is 11.1. The number of hydrogen-bond donors (Lipinski definition) is 2. The minimum Gasteiger partial charge on any atom is -0.480 e. The summed E-state index contributed by atoms with van der Waals surface area (Å²) in [6.07, 6.45) is 7.77. The summed E-state index contributed by atoms with van der Waals surface area (Å²) in [4.78, 5) is 15.5. The van der Waals surface area contributed by atoms with Crippen LogP contribution in [-0.2, 0) is 4.79 Å². The van der Waals surface area contributed by atoms with Gasteiger partial charge in [0, 0.05) is 6.54 Å². The van der Waals surface area contributed by atoms with E-state index in [-0.39, 0.29) is 0 Å². The molecule has 0 bridgehead atoms. The zero-order chi connectivity index (χ0) is 11.1. The highest BCUT2D eigenvalue weighted by molar-refractivity contribution is 6.18. The molecule has 1 aliphatic carbocycles. The largest absolute Gasteiger partial charge is 0.480 e. The van der Waals surface area contributed by atoms with Crippen molar-refractivity contribution in [3.8, 4) is 0 Å². The van der Waals surface area contributed by atoms with Crippen LogP contribution in [0.25, 0.3) is 0 Å². The number of fused-ring (bicyclic) bond motifs is 2. The van der Waals surface area contributed by atoms with Crippen LogP contribution in [0.15, 0.2) is 40.1 Å². The lowest BCUT2D eigenvalue weighted by Gasteiger charge is -2.23. The molecular formula is C12H12N2O2. The second-order valence-corrected chi connectivity index (χ2v) is 4.11. The topological polar surface area (TPSA) is 61.7 Å². The van der Waals surface area contributed by atoms with Crippen molar-refractivity contribution in [2.75, 3.05) is 6.54 Å². The SMILES string of the molecule is O=C(O)C1NCCC2=C3CC=CC=C3N=C21. The van der Waals surface area contributed by atoms with Crippen molar-refractivity contribution in [2.24, 2.45) is 4.99 Å². The molecule has 0 radical (unpaired) electrons. The number of carboxylic acid groups (broad SMARTS) is 1. The van der Waals surface area contributed by atoms with Gasteiger partial charge in [-0.25, -0.2) is 0 Å². The Morgan fingerprint density at radius 3 is 3.19 bits per heavy atom. The molecule has 0 spiro atoms. The highest BCUT2D eigenvalue weighted by atomic mass is 16.4. The average molecular weight is 216 g/mol. The van der Waals surface area contributed by atoms with Crippen molar-refractivity contribution in [3.05, 3.63) is 35.1 Å². The van der Waals surface area contributed by atoms with Crippen LogP contribution >= 0.6 is 0 Å². The fourth-order valence-corrected chi connectivity index (χ4v) is 2.44. The monoisotopic (exact) mass is 216 g/mol. The minimum atomic E-state index is -0.844. The molecule has 82 valence electrons. The number of aliphatic carboxylic acids is 1. The summed E-state index contributed by atoms with van der Waals surface area (Å²) in [5.74, 6) is -0.844. The zero-order valence-electron chi connectivity index (χ0n) is 8.73. The number of aliphatic imine (C=N–C) groups is 1. The molecule has 1 fully saturated rings. The predicted octanol–water partition coefficient (Wildman–Crippen LogP) is 1.03. The second kappa shape index (κ2) is 3.42. The van der Waals surface area contributed by atoms with E-state index in [0.29, 0.717) is 12.3 Å². The first-order valence-corrected chi connectivity index (χ1v) is 5.42. The molecule has 0 saturated carbocycles. The number of nitrogens with zero attached hydrogens (tertiary/aromatic N) is 1. The van der Waals surface area contributed by atoms with Gasteiger partial charge in [0.25, 0.3) is 0 Å². The Labute approximate surface area is 93.1 Å². The molecule has 0 aromatic carbocycles. The van der Waals surface area contributed by atoms with Crippen LogP contribution < -0.4 is 5.32 Å². The van der Waals surface area contributed by atoms with E-state index in [1.807, 2.05) is 12.2 Å². The Balaban J connectivity index is 2.07. The van der Waals surface area contributed by atoms with Gasteiger partial charge in [-0.05, 0) is 30.1 Å². The number of rotatable bonds is 1. The van der Waals surface area contributed by atoms with E-state index in [0.717, 1.165) is 24.1 Å². The molecule has 3 aliphatic rings. The smallest absolute Gasteiger partial charge is 0.326 e. The van der Waals surface area contributed by atoms with Crippen LogP contribution in [0.4, 0.5) is 0 Å². The number of hydrogen-bond acceptors (Lipinski definition) is 3. The van der Waals surface area contributed by atoms with Gasteiger partial charge in [-0.1, -0.05) is 12.2 Å². The van der Waals surface area contributed by atoms with Crippen molar-refractivity contribution in [1.29, 1.82) is 0 Å². The molecule has 2 aliphatic heterocycles. The average Bonchev–Trinajstić information content (AvgIpc) is 2.67. The van der Waals surface area contributed by atoms with Crippen LogP contribution in [0.2, 0.25) is 0 Å². The summed E-state index contributed by atoms with van der Waals surface area (Å²) in [5.41, 5.74) is 4.01. The van der Waals surface area contributed by atoms with Gasteiger partial charge in [-0.2, -0.15) is 0 Å². The van der Waals surface area contributed by atoms with Gasteiger partial charge in [0.2, 0.25) is 0 Å². The van der Waals surface area contributed by atoms with Gasteiger partial charge in [0.15, 0.2) is 0 Å². The van der Waals surface area contributed by atoms with E-state index >= 15 is 0 Å². The van der Waals surface area contributed by atoms with Gasteiger partial charge in [0.1, 0.15) is 6.04 Å². The zero-order valence-corrected chi connectivity index (χ0v) is 8.73. The Hall–Kier alpha value is -1.68. The first-order valence-electron chi connectivity index (χ1n) is 5.42. The standard InChI is InChI=1S/C12H12N2O2/c15-12(16)11-10-8(5-6-13-11)7-3-1-2-4-9(7)14-10/h1-2,4,11,13H,3,5-6H2,(H,15,16). The molecule has 1 saturated heterocycles. The van der Waals surface area contributed by atoms with Crippen LogP contribution in [0, 0.1) is 0 Å². The van der Waals surface area contributed by atoms with Gasteiger partial charge in [-0.3, -0.25) is 15.1 Å². The lowest BCUT2D eigenvalue weighted by Crippen LogP contribution is -2.47. The van der Waals surface area contributed by atoms with E-state index < -0.39 is 12.0 Å².